The van der Waals surface area contributed by atoms with Crippen molar-refractivity contribution in [3.05, 3.63) is 41.4 Å². The van der Waals surface area contributed by atoms with Crippen LogP contribution in [0, 0.1) is 5.92 Å². The van der Waals surface area contributed by atoms with Gasteiger partial charge >= 0.3 is 0 Å². The van der Waals surface area contributed by atoms with E-state index < -0.39 is 0 Å². The Balaban J connectivity index is 2.14. The molecule has 0 aliphatic heterocycles. The molecule has 2 amide bonds. The number of thiazole rings is 1. The number of ether oxygens (including phenoxy) is 1. The van der Waals surface area contributed by atoms with E-state index in [9.17, 15) is 9.59 Å². The molecule has 1 aromatic carbocycles. The number of aromatic nitrogens is 1. The molecule has 7 heteroatoms. The van der Waals surface area contributed by atoms with Crippen LogP contribution in [0.2, 0.25) is 0 Å². The van der Waals surface area contributed by atoms with Gasteiger partial charge in [-0.2, -0.15) is 0 Å². The average molecular weight is 347 g/mol. The van der Waals surface area contributed by atoms with E-state index >= 15 is 0 Å². The first-order valence-corrected chi connectivity index (χ1v) is 8.51. The maximum absolute atomic E-state index is 12.9. The smallest absolute Gasteiger partial charge is 0.258 e. The summed E-state index contributed by atoms with van der Waals surface area (Å²) in [6.45, 7) is 4.44. The second kappa shape index (κ2) is 8.44. The van der Waals surface area contributed by atoms with Gasteiger partial charge in [0.15, 0.2) is 5.13 Å². The molecule has 0 unspecified atom stereocenters. The Bertz CT molecular complexity index is 686. The first-order valence-electron chi connectivity index (χ1n) is 7.63. The summed E-state index contributed by atoms with van der Waals surface area (Å²) in [6, 6.07) is 7.01. The zero-order valence-corrected chi connectivity index (χ0v) is 14.8. The van der Waals surface area contributed by atoms with Gasteiger partial charge in [-0.15, -0.1) is 11.3 Å². The number of para-hydroxylation sites is 1. The molecule has 1 heterocycles. The number of carbonyl (C=O) groups excluding carboxylic acids is 2. The highest BCUT2D eigenvalue weighted by Crippen LogP contribution is 2.20. The molecule has 128 valence electrons. The number of amides is 2. The Labute approximate surface area is 145 Å². The van der Waals surface area contributed by atoms with E-state index in [0.717, 1.165) is 0 Å². The average Bonchev–Trinajstić information content (AvgIpc) is 3.05. The van der Waals surface area contributed by atoms with Gasteiger partial charge in [-0.05, 0) is 18.1 Å². The van der Waals surface area contributed by atoms with Crippen LogP contribution in [0.4, 0.5) is 5.13 Å². The molecule has 0 fully saturated rings. The van der Waals surface area contributed by atoms with E-state index in [1.165, 1.54) is 23.3 Å². The first-order chi connectivity index (χ1) is 11.5. The van der Waals surface area contributed by atoms with Crippen LogP contribution < -0.4 is 10.1 Å². The number of hydrogen-bond acceptors (Lipinski definition) is 5. The van der Waals surface area contributed by atoms with Crippen molar-refractivity contribution in [2.75, 3.05) is 25.5 Å². The maximum Gasteiger partial charge on any atom is 0.258 e. The lowest BCUT2D eigenvalue weighted by molar-refractivity contribution is -0.117. The molecule has 0 saturated heterocycles. The number of carbonyl (C=O) groups is 2. The van der Waals surface area contributed by atoms with Gasteiger partial charge in [-0.3, -0.25) is 9.59 Å². The van der Waals surface area contributed by atoms with Gasteiger partial charge in [0, 0.05) is 18.1 Å². The molecular formula is C17H21N3O3S. The topological polar surface area (TPSA) is 71.5 Å². The van der Waals surface area contributed by atoms with Gasteiger partial charge < -0.3 is 15.0 Å². The minimum atomic E-state index is -0.270. The van der Waals surface area contributed by atoms with Crippen LogP contribution in [0.5, 0.6) is 5.75 Å². The quantitative estimate of drug-likeness (QED) is 0.836. The lowest BCUT2D eigenvalue weighted by Crippen LogP contribution is -2.40. The Morgan fingerprint density at radius 3 is 2.71 bits per heavy atom. The Kier molecular flexibility index (Phi) is 6.31. The van der Waals surface area contributed by atoms with Gasteiger partial charge in [0.1, 0.15) is 12.3 Å². The number of nitrogens with one attached hydrogen (secondary N) is 1. The molecular weight excluding hydrogens is 326 g/mol. The van der Waals surface area contributed by atoms with Crippen molar-refractivity contribution in [1.29, 1.82) is 0 Å². The largest absolute Gasteiger partial charge is 0.496 e. The summed E-state index contributed by atoms with van der Waals surface area (Å²) in [4.78, 5) is 30.6. The zero-order chi connectivity index (χ0) is 17.5. The van der Waals surface area contributed by atoms with Crippen molar-refractivity contribution in [1.82, 2.24) is 9.88 Å². The number of methoxy groups -OCH3 is 1. The van der Waals surface area contributed by atoms with Crippen LogP contribution in [0.1, 0.15) is 24.2 Å². The number of hydrogen-bond donors (Lipinski definition) is 1. The fourth-order valence-electron chi connectivity index (χ4n) is 2.27. The third-order valence-corrected chi connectivity index (χ3v) is 3.91. The summed E-state index contributed by atoms with van der Waals surface area (Å²) in [5.74, 6) is 0.234. The van der Waals surface area contributed by atoms with Gasteiger partial charge in [-0.25, -0.2) is 4.98 Å². The molecule has 1 aromatic heterocycles. The predicted octanol–water partition coefficient (Wildman–Crippen LogP) is 2.89. The lowest BCUT2D eigenvalue weighted by atomic mass is 10.1. The zero-order valence-electron chi connectivity index (χ0n) is 14.0. The number of benzene rings is 1. The summed E-state index contributed by atoms with van der Waals surface area (Å²) in [7, 11) is 1.52. The van der Waals surface area contributed by atoms with E-state index in [2.05, 4.69) is 10.3 Å². The van der Waals surface area contributed by atoms with Crippen molar-refractivity contribution in [2.24, 2.45) is 5.92 Å². The molecule has 0 radical (unpaired) electrons. The van der Waals surface area contributed by atoms with E-state index in [-0.39, 0.29) is 24.3 Å². The van der Waals surface area contributed by atoms with E-state index in [1.807, 2.05) is 13.8 Å². The highest BCUT2D eigenvalue weighted by Gasteiger charge is 2.22. The third kappa shape index (κ3) is 4.79. The Morgan fingerprint density at radius 2 is 2.08 bits per heavy atom. The third-order valence-electron chi connectivity index (χ3n) is 3.22. The predicted molar refractivity (Wildman–Crippen MR) is 94.5 cm³/mol. The standard InChI is InChI=1S/C17H21N3O3S/c1-12(2)10-20(11-15(21)19-17-18-8-9-24-17)16(22)13-6-4-5-7-14(13)23-3/h4-9,12H,10-11H2,1-3H3,(H,18,19,21). The minimum absolute atomic E-state index is 0.0331. The minimum Gasteiger partial charge on any atom is -0.496 e. The molecule has 2 aromatic rings. The number of nitrogens with zero attached hydrogens (tertiary/aromatic N) is 2. The van der Waals surface area contributed by atoms with Crippen LogP contribution in [-0.4, -0.2) is 41.9 Å². The van der Waals surface area contributed by atoms with Crippen LogP contribution in [0.3, 0.4) is 0 Å². The molecule has 1 N–H and O–H groups in total. The Morgan fingerprint density at radius 1 is 1.33 bits per heavy atom. The summed E-state index contributed by atoms with van der Waals surface area (Å²) >= 11 is 1.34. The van der Waals surface area contributed by atoms with Gasteiger partial charge in [-0.1, -0.05) is 26.0 Å². The van der Waals surface area contributed by atoms with Crippen LogP contribution in [0.15, 0.2) is 35.8 Å². The van der Waals surface area contributed by atoms with Gasteiger partial charge in [0.2, 0.25) is 5.91 Å². The highest BCUT2D eigenvalue weighted by atomic mass is 32.1. The number of rotatable bonds is 7. The molecule has 2 rings (SSSR count). The number of anilines is 1. The monoisotopic (exact) mass is 347 g/mol. The fourth-order valence-corrected chi connectivity index (χ4v) is 2.81. The molecule has 0 spiro atoms. The van der Waals surface area contributed by atoms with Crippen molar-refractivity contribution in [3.63, 3.8) is 0 Å². The lowest BCUT2D eigenvalue weighted by Gasteiger charge is -2.24. The van der Waals surface area contributed by atoms with Crippen molar-refractivity contribution in [2.45, 2.75) is 13.8 Å². The summed E-state index contributed by atoms with van der Waals surface area (Å²) in [6.07, 6.45) is 1.62. The van der Waals surface area contributed by atoms with Crippen molar-refractivity contribution >= 4 is 28.3 Å². The van der Waals surface area contributed by atoms with E-state index in [0.29, 0.717) is 23.0 Å². The van der Waals surface area contributed by atoms with Crippen LogP contribution >= 0.6 is 11.3 Å². The van der Waals surface area contributed by atoms with Gasteiger partial charge in [0.05, 0.1) is 12.7 Å². The SMILES string of the molecule is COc1ccccc1C(=O)N(CC(=O)Nc1nccs1)CC(C)C. The van der Waals surface area contributed by atoms with Crippen LogP contribution in [-0.2, 0) is 4.79 Å². The summed E-state index contributed by atoms with van der Waals surface area (Å²) in [5.41, 5.74) is 0.447. The summed E-state index contributed by atoms with van der Waals surface area (Å²) < 4.78 is 5.26. The highest BCUT2D eigenvalue weighted by molar-refractivity contribution is 7.13. The fraction of sp³-hybridized carbons (Fsp3) is 0.353. The Hall–Kier alpha value is -2.41. The van der Waals surface area contributed by atoms with Crippen molar-refractivity contribution < 1.29 is 14.3 Å². The van der Waals surface area contributed by atoms with Crippen LogP contribution in [0.25, 0.3) is 0 Å². The van der Waals surface area contributed by atoms with E-state index in [1.54, 1.807) is 35.8 Å². The van der Waals surface area contributed by atoms with Gasteiger partial charge in [0.25, 0.3) is 5.91 Å². The summed E-state index contributed by atoms with van der Waals surface area (Å²) in [5, 5.41) is 5.01. The van der Waals surface area contributed by atoms with Crippen molar-refractivity contribution in [3.8, 4) is 5.75 Å². The molecule has 0 atom stereocenters. The molecule has 6 nitrogen and oxygen atoms in total. The molecule has 0 saturated carbocycles. The molecule has 0 aliphatic carbocycles. The second-order valence-electron chi connectivity index (χ2n) is 5.67. The maximum atomic E-state index is 12.9. The first kappa shape index (κ1) is 17.9. The second-order valence-corrected chi connectivity index (χ2v) is 6.56. The molecule has 0 bridgehead atoms. The molecule has 24 heavy (non-hydrogen) atoms. The normalized spacial score (nSPS) is 10.5. The molecule has 0 aliphatic rings. The van der Waals surface area contributed by atoms with E-state index in [4.69, 9.17) is 4.74 Å².